The quantitative estimate of drug-likeness (QED) is 0.931. The summed E-state index contributed by atoms with van der Waals surface area (Å²) in [6.45, 7) is 11.5. The van der Waals surface area contributed by atoms with Gasteiger partial charge in [0.15, 0.2) is 0 Å². The fourth-order valence-corrected chi connectivity index (χ4v) is 5.49. The van der Waals surface area contributed by atoms with Gasteiger partial charge >= 0.3 is 0 Å². The van der Waals surface area contributed by atoms with Gasteiger partial charge in [-0.15, -0.1) is 11.3 Å². The second-order valence-electron chi connectivity index (χ2n) is 8.05. The number of rotatable bonds is 3. The van der Waals surface area contributed by atoms with Crippen molar-refractivity contribution >= 4 is 17.2 Å². The predicted molar refractivity (Wildman–Crippen MR) is 89.8 cm³/mol. The molecule has 1 aliphatic carbocycles. The Hall–Kier alpha value is -0.940. The zero-order chi connectivity index (χ0) is 16.1. The molecule has 2 N–H and O–H groups in total. The maximum atomic E-state index is 12.0. The van der Waals surface area contributed by atoms with Crippen LogP contribution in [-0.4, -0.2) is 28.9 Å². The molecule has 0 aromatic carbocycles. The Morgan fingerprint density at radius 2 is 2.23 bits per heavy atom. The molecule has 0 unspecified atom stereocenters. The Morgan fingerprint density at radius 3 is 2.77 bits per heavy atom. The normalized spacial score (nSPS) is 29.0. The van der Waals surface area contributed by atoms with Crippen molar-refractivity contribution in [1.82, 2.24) is 9.88 Å². The minimum Gasteiger partial charge on any atom is -0.369 e. The number of carbonyl (C=O) groups excluding carboxylic acids is 1. The number of aryl methyl sites for hydroxylation is 1. The number of aromatic nitrogens is 1. The van der Waals surface area contributed by atoms with Crippen LogP contribution in [0.15, 0.2) is 0 Å². The molecule has 1 amide bonds. The molecule has 22 heavy (non-hydrogen) atoms. The largest absolute Gasteiger partial charge is 0.369 e. The van der Waals surface area contributed by atoms with E-state index < -0.39 is 0 Å². The molecule has 5 heteroatoms. The number of thiazole rings is 1. The van der Waals surface area contributed by atoms with E-state index in [-0.39, 0.29) is 16.7 Å². The second-order valence-corrected chi connectivity index (χ2v) is 9.13. The number of likely N-dealkylation sites (tertiary alicyclic amines) is 1. The first kappa shape index (κ1) is 15.9. The van der Waals surface area contributed by atoms with Gasteiger partial charge in [0.2, 0.25) is 5.91 Å². The smallest absolute Gasteiger partial charge is 0.225 e. The van der Waals surface area contributed by atoms with Crippen molar-refractivity contribution in [2.24, 2.45) is 17.1 Å². The van der Waals surface area contributed by atoms with E-state index in [0.29, 0.717) is 5.92 Å². The van der Waals surface area contributed by atoms with Crippen molar-refractivity contribution in [3.63, 3.8) is 0 Å². The van der Waals surface area contributed by atoms with E-state index in [1.807, 2.05) is 11.3 Å². The lowest BCUT2D eigenvalue weighted by atomic mass is 9.80. The first-order chi connectivity index (χ1) is 10.2. The molecule has 0 radical (unpaired) electrons. The molecule has 1 aromatic rings. The van der Waals surface area contributed by atoms with Crippen LogP contribution < -0.4 is 5.73 Å². The first-order valence-electron chi connectivity index (χ1n) is 8.21. The van der Waals surface area contributed by atoms with Crippen LogP contribution in [0.3, 0.4) is 0 Å². The molecule has 1 aromatic heterocycles. The standard InChI is InChI=1S/C17H27N3OS/c1-11-14(16(2,3)4)22-13(19-11)9-20-8-12-6-5-7-17(12,10-20)15(18)21/h12H,5-10H2,1-4H3,(H2,18,21)/t12-,17-/m0/s1. The highest BCUT2D eigenvalue weighted by molar-refractivity contribution is 7.11. The summed E-state index contributed by atoms with van der Waals surface area (Å²) in [4.78, 5) is 20.5. The number of primary amides is 1. The van der Waals surface area contributed by atoms with Gasteiger partial charge in [-0.1, -0.05) is 27.2 Å². The van der Waals surface area contributed by atoms with Gasteiger partial charge in [-0.2, -0.15) is 0 Å². The maximum Gasteiger partial charge on any atom is 0.225 e. The van der Waals surface area contributed by atoms with Crippen molar-refractivity contribution in [3.8, 4) is 0 Å². The van der Waals surface area contributed by atoms with Gasteiger partial charge in [0, 0.05) is 18.0 Å². The van der Waals surface area contributed by atoms with Crippen LogP contribution in [0.4, 0.5) is 0 Å². The number of fused-ring (bicyclic) bond motifs is 1. The van der Waals surface area contributed by atoms with Crippen molar-refractivity contribution in [3.05, 3.63) is 15.6 Å². The number of carbonyl (C=O) groups is 1. The summed E-state index contributed by atoms with van der Waals surface area (Å²) in [6, 6.07) is 0. The topological polar surface area (TPSA) is 59.2 Å². The van der Waals surface area contributed by atoms with Crippen molar-refractivity contribution in [2.45, 2.75) is 58.9 Å². The monoisotopic (exact) mass is 321 g/mol. The second kappa shape index (κ2) is 5.31. The van der Waals surface area contributed by atoms with Crippen LogP contribution >= 0.6 is 11.3 Å². The molecule has 4 nitrogen and oxygen atoms in total. The number of nitrogens with two attached hydrogens (primary N) is 1. The average Bonchev–Trinajstić information content (AvgIpc) is 3.00. The summed E-state index contributed by atoms with van der Waals surface area (Å²) in [5.41, 5.74) is 6.77. The molecule has 2 fully saturated rings. The molecule has 122 valence electrons. The van der Waals surface area contributed by atoms with Gasteiger partial charge < -0.3 is 5.73 Å². The van der Waals surface area contributed by atoms with E-state index in [2.05, 4.69) is 32.6 Å². The van der Waals surface area contributed by atoms with E-state index in [1.54, 1.807) is 0 Å². The summed E-state index contributed by atoms with van der Waals surface area (Å²) >= 11 is 1.82. The zero-order valence-corrected chi connectivity index (χ0v) is 14.9. The molecule has 2 aliphatic rings. The Kier molecular flexibility index (Phi) is 3.84. The molecule has 1 saturated carbocycles. The molecule has 3 rings (SSSR count). The van der Waals surface area contributed by atoms with E-state index in [9.17, 15) is 4.79 Å². The fourth-order valence-electron chi connectivity index (χ4n) is 4.32. The highest BCUT2D eigenvalue weighted by Crippen LogP contribution is 2.48. The Balaban J connectivity index is 1.75. The van der Waals surface area contributed by atoms with Crippen molar-refractivity contribution in [1.29, 1.82) is 0 Å². The van der Waals surface area contributed by atoms with Gasteiger partial charge in [0.1, 0.15) is 5.01 Å². The third-order valence-corrected chi connectivity index (χ3v) is 6.88. The summed E-state index contributed by atoms with van der Waals surface area (Å²) < 4.78 is 0. The third kappa shape index (κ3) is 2.58. The lowest BCUT2D eigenvalue weighted by Crippen LogP contribution is -2.40. The zero-order valence-electron chi connectivity index (χ0n) is 14.1. The molecule has 0 bridgehead atoms. The van der Waals surface area contributed by atoms with Gasteiger partial charge in [-0.25, -0.2) is 4.98 Å². The first-order valence-corrected chi connectivity index (χ1v) is 9.03. The van der Waals surface area contributed by atoms with Gasteiger partial charge in [-0.3, -0.25) is 9.69 Å². The summed E-state index contributed by atoms with van der Waals surface area (Å²) in [5, 5.41) is 1.17. The lowest BCUT2D eigenvalue weighted by molar-refractivity contribution is -0.128. The van der Waals surface area contributed by atoms with Crippen LogP contribution in [0.1, 0.15) is 55.6 Å². The average molecular weight is 321 g/mol. The van der Waals surface area contributed by atoms with E-state index >= 15 is 0 Å². The molecule has 2 heterocycles. The summed E-state index contributed by atoms with van der Waals surface area (Å²) in [6.07, 6.45) is 3.25. The molecular formula is C17H27N3OS. The predicted octanol–water partition coefficient (Wildman–Crippen LogP) is 2.84. The molecule has 1 saturated heterocycles. The SMILES string of the molecule is Cc1nc(CN2C[C@@H]3CCC[C@]3(C(N)=O)C2)sc1C(C)(C)C. The number of amides is 1. The van der Waals surface area contributed by atoms with Crippen molar-refractivity contribution < 1.29 is 4.79 Å². The van der Waals surface area contributed by atoms with Gasteiger partial charge in [-0.05, 0) is 31.1 Å². The van der Waals surface area contributed by atoms with E-state index in [0.717, 1.165) is 44.6 Å². The van der Waals surface area contributed by atoms with Crippen molar-refractivity contribution in [2.75, 3.05) is 13.1 Å². The van der Waals surface area contributed by atoms with Crippen LogP contribution in [0.2, 0.25) is 0 Å². The third-order valence-electron chi connectivity index (χ3n) is 5.31. The van der Waals surface area contributed by atoms with Crippen LogP contribution in [-0.2, 0) is 16.8 Å². The highest BCUT2D eigenvalue weighted by atomic mass is 32.1. The molecule has 0 spiro atoms. The summed E-state index contributed by atoms with van der Waals surface area (Å²) in [5.74, 6) is 0.358. The van der Waals surface area contributed by atoms with Crippen LogP contribution in [0, 0.1) is 18.3 Å². The van der Waals surface area contributed by atoms with Crippen LogP contribution in [0.25, 0.3) is 0 Å². The van der Waals surface area contributed by atoms with E-state index in [4.69, 9.17) is 10.7 Å². The summed E-state index contributed by atoms with van der Waals surface area (Å²) in [7, 11) is 0. The number of hydrogen-bond donors (Lipinski definition) is 1. The minimum atomic E-state index is -0.265. The minimum absolute atomic E-state index is 0.0943. The molecule has 1 aliphatic heterocycles. The van der Waals surface area contributed by atoms with Gasteiger partial charge in [0.05, 0.1) is 17.7 Å². The maximum absolute atomic E-state index is 12.0. The Bertz CT molecular complexity index is 589. The Labute approximate surface area is 137 Å². The number of hydrogen-bond acceptors (Lipinski definition) is 4. The highest BCUT2D eigenvalue weighted by Gasteiger charge is 2.53. The lowest BCUT2D eigenvalue weighted by Gasteiger charge is -2.24. The molecule has 2 atom stereocenters. The van der Waals surface area contributed by atoms with Gasteiger partial charge in [0.25, 0.3) is 0 Å². The van der Waals surface area contributed by atoms with Crippen LogP contribution in [0.5, 0.6) is 0 Å². The molecular weight excluding hydrogens is 294 g/mol. The fraction of sp³-hybridized carbons (Fsp3) is 0.765. The van der Waals surface area contributed by atoms with E-state index in [1.165, 1.54) is 9.88 Å². The number of nitrogens with zero attached hydrogens (tertiary/aromatic N) is 2. The Morgan fingerprint density at radius 1 is 1.50 bits per heavy atom.